The molecule has 1 aromatic rings. The van der Waals surface area contributed by atoms with Crippen LogP contribution in [0.4, 0.5) is 4.39 Å². The fourth-order valence-electron chi connectivity index (χ4n) is 1.42. The molecular formula is C13H19BrFNO3S. The molecule has 20 heavy (non-hydrogen) atoms. The smallest absolute Gasteiger partial charge is 0.243 e. The molecule has 0 unspecified atom stereocenters. The van der Waals surface area contributed by atoms with Gasteiger partial charge in [0.25, 0.3) is 0 Å². The summed E-state index contributed by atoms with van der Waals surface area (Å²) >= 11 is 3.11. The van der Waals surface area contributed by atoms with Crippen molar-refractivity contribution in [2.24, 2.45) is 5.41 Å². The summed E-state index contributed by atoms with van der Waals surface area (Å²) in [5.74, 6) is -0.919. The third-order valence-corrected chi connectivity index (χ3v) is 5.10. The molecule has 4 nitrogen and oxygen atoms in total. The molecule has 0 amide bonds. The van der Waals surface area contributed by atoms with E-state index in [1.54, 1.807) is 0 Å². The number of nitrogens with one attached hydrogen (secondary N) is 1. The normalized spacial score (nSPS) is 12.7. The Hall–Kier alpha value is -0.500. The maximum Gasteiger partial charge on any atom is 0.243 e. The molecule has 0 fully saturated rings. The Kier molecular flexibility index (Phi) is 5.71. The van der Waals surface area contributed by atoms with E-state index in [1.807, 2.05) is 20.8 Å². The molecule has 0 aliphatic rings. The van der Waals surface area contributed by atoms with E-state index in [0.29, 0.717) is 4.47 Å². The van der Waals surface area contributed by atoms with E-state index in [4.69, 9.17) is 5.11 Å². The number of hydrogen-bond donors (Lipinski definition) is 2. The first-order valence-corrected chi connectivity index (χ1v) is 8.49. The van der Waals surface area contributed by atoms with Crippen LogP contribution in [0.1, 0.15) is 32.8 Å². The molecule has 0 radical (unpaired) electrons. The largest absolute Gasteiger partial charge is 0.392 e. The molecule has 0 atom stereocenters. The first-order valence-electron chi connectivity index (χ1n) is 6.21. The molecule has 0 bridgehead atoms. The minimum Gasteiger partial charge on any atom is -0.392 e. The minimum absolute atomic E-state index is 0.0606. The van der Waals surface area contributed by atoms with E-state index in [0.717, 1.165) is 6.42 Å². The summed E-state index contributed by atoms with van der Waals surface area (Å²) in [6.45, 7) is 5.45. The predicted molar refractivity (Wildman–Crippen MR) is 79.3 cm³/mol. The summed E-state index contributed by atoms with van der Waals surface area (Å²) in [6, 6.07) is 2.54. The molecule has 114 valence electrons. The van der Waals surface area contributed by atoms with E-state index in [-0.39, 0.29) is 17.5 Å². The average molecular weight is 368 g/mol. The molecule has 0 aliphatic heterocycles. The summed E-state index contributed by atoms with van der Waals surface area (Å²) in [5.41, 5.74) is -0.274. The number of aliphatic hydroxyl groups is 1. The topological polar surface area (TPSA) is 66.4 Å². The van der Waals surface area contributed by atoms with Crippen LogP contribution in [-0.4, -0.2) is 20.1 Å². The van der Waals surface area contributed by atoms with Crippen molar-refractivity contribution in [3.8, 4) is 0 Å². The van der Waals surface area contributed by atoms with Crippen molar-refractivity contribution in [3.63, 3.8) is 0 Å². The van der Waals surface area contributed by atoms with E-state index < -0.39 is 27.3 Å². The van der Waals surface area contributed by atoms with Crippen molar-refractivity contribution in [2.45, 2.75) is 38.7 Å². The molecule has 1 rings (SSSR count). The van der Waals surface area contributed by atoms with Crippen molar-refractivity contribution in [3.05, 3.63) is 28.0 Å². The second-order valence-corrected chi connectivity index (χ2v) is 8.03. The Bertz CT molecular complexity index is 588. The van der Waals surface area contributed by atoms with Crippen molar-refractivity contribution >= 4 is 26.0 Å². The van der Waals surface area contributed by atoms with Crippen LogP contribution in [0.15, 0.2) is 21.5 Å². The van der Waals surface area contributed by atoms with Gasteiger partial charge in [0.1, 0.15) is 10.7 Å². The minimum atomic E-state index is -3.96. The first-order chi connectivity index (χ1) is 9.13. The number of hydrogen-bond acceptors (Lipinski definition) is 3. The maximum absolute atomic E-state index is 14.1. The van der Waals surface area contributed by atoms with Crippen molar-refractivity contribution in [1.82, 2.24) is 4.72 Å². The lowest BCUT2D eigenvalue weighted by molar-refractivity contribution is 0.274. The van der Waals surface area contributed by atoms with Gasteiger partial charge in [-0.05, 0) is 24.0 Å². The average Bonchev–Trinajstić information content (AvgIpc) is 2.39. The van der Waals surface area contributed by atoms with Gasteiger partial charge in [-0.3, -0.25) is 0 Å². The highest BCUT2D eigenvalue weighted by Gasteiger charge is 2.25. The zero-order valence-corrected chi connectivity index (χ0v) is 14.1. The van der Waals surface area contributed by atoms with Crippen LogP contribution in [0.2, 0.25) is 0 Å². The van der Waals surface area contributed by atoms with Crippen LogP contribution in [0.5, 0.6) is 0 Å². The van der Waals surface area contributed by atoms with Gasteiger partial charge in [0.2, 0.25) is 10.0 Å². The number of rotatable bonds is 6. The fraction of sp³-hybridized carbons (Fsp3) is 0.538. The molecule has 0 saturated carbocycles. The highest BCUT2D eigenvalue weighted by Crippen LogP contribution is 2.25. The second-order valence-electron chi connectivity index (χ2n) is 5.38. The van der Waals surface area contributed by atoms with Gasteiger partial charge in [-0.1, -0.05) is 36.7 Å². The second kappa shape index (κ2) is 6.51. The summed E-state index contributed by atoms with van der Waals surface area (Å²) in [6.07, 6.45) is 0.790. The Morgan fingerprint density at radius 2 is 2.00 bits per heavy atom. The summed E-state index contributed by atoms with van der Waals surface area (Å²) in [5, 5.41) is 9.05. The number of aliphatic hydroxyl groups excluding tert-OH is 1. The zero-order valence-electron chi connectivity index (χ0n) is 11.7. The number of sulfonamides is 1. The highest BCUT2D eigenvalue weighted by atomic mass is 79.9. The van der Waals surface area contributed by atoms with E-state index >= 15 is 0 Å². The zero-order chi connectivity index (χ0) is 15.6. The SMILES string of the molecule is CCC(C)(C)CNS(=O)(=O)c1cc(Br)cc(CO)c1F. The van der Waals surface area contributed by atoms with Gasteiger partial charge in [-0.15, -0.1) is 0 Å². The van der Waals surface area contributed by atoms with Gasteiger partial charge in [-0.25, -0.2) is 17.5 Å². The molecule has 7 heteroatoms. The van der Waals surface area contributed by atoms with Gasteiger partial charge in [0, 0.05) is 16.6 Å². The van der Waals surface area contributed by atoms with Crippen molar-refractivity contribution < 1.29 is 17.9 Å². The maximum atomic E-state index is 14.1. The van der Waals surface area contributed by atoms with Crippen LogP contribution < -0.4 is 4.72 Å². The van der Waals surface area contributed by atoms with Gasteiger partial charge in [-0.2, -0.15) is 0 Å². The van der Waals surface area contributed by atoms with Crippen LogP contribution in [-0.2, 0) is 16.6 Å². The van der Waals surface area contributed by atoms with Crippen LogP contribution in [0.3, 0.4) is 0 Å². The Morgan fingerprint density at radius 1 is 1.40 bits per heavy atom. The number of benzene rings is 1. The quantitative estimate of drug-likeness (QED) is 0.812. The summed E-state index contributed by atoms with van der Waals surface area (Å²) in [7, 11) is -3.96. The van der Waals surface area contributed by atoms with Gasteiger partial charge >= 0.3 is 0 Å². The van der Waals surface area contributed by atoms with E-state index in [1.165, 1.54) is 12.1 Å². The van der Waals surface area contributed by atoms with Crippen molar-refractivity contribution in [1.29, 1.82) is 0 Å². The lowest BCUT2D eigenvalue weighted by Gasteiger charge is -2.23. The van der Waals surface area contributed by atoms with Gasteiger partial charge in [0.05, 0.1) is 6.61 Å². The third kappa shape index (κ3) is 4.25. The summed E-state index contributed by atoms with van der Waals surface area (Å²) < 4.78 is 41.2. The molecule has 0 saturated heterocycles. The van der Waals surface area contributed by atoms with Crippen LogP contribution in [0.25, 0.3) is 0 Å². The molecule has 2 N–H and O–H groups in total. The molecule has 1 aromatic carbocycles. The van der Waals surface area contributed by atoms with Gasteiger partial charge < -0.3 is 5.11 Å². The fourth-order valence-corrected chi connectivity index (χ4v) is 3.46. The standard InChI is InChI=1S/C13H19BrFNO3S/c1-4-13(2,3)8-16-20(18,19)11-6-10(14)5-9(7-17)12(11)15/h5-6,16-17H,4,7-8H2,1-3H3. The van der Waals surface area contributed by atoms with Crippen LogP contribution in [0, 0.1) is 11.2 Å². The predicted octanol–water partition coefficient (Wildman–Crippen LogP) is 2.80. The van der Waals surface area contributed by atoms with E-state index in [2.05, 4.69) is 20.7 Å². The molecule has 0 aliphatic carbocycles. The number of halogens is 2. The monoisotopic (exact) mass is 367 g/mol. The molecular weight excluding hydrogens is 349 g/mol. The Labute approximate surface area is 127 Å². The third-order valence-electron chi connectivity index (χ3n) is 3.24. The lowest BCUT2D eigenvalue weighted by Crippen LogP contribution is -2.34. The van der Waals surface area contributed by atoms with Crippen LogP contribution >= 0.6 is 15.9 Å². The molecule has 0 aromatic heterocycles. The Morgan fingerprint density at radius 3 is 2.50 bits per heavy atom. The lowest BCUT2D eigenvalue weighted by atomic mass is 9.91. The molecule has 0 spiro atoms. The molecule has 0 heterocycles. The summed E-state index contributed by atoms with van der Waals surface area (Å²) in [4.78, 5) is -0.456. The van der Waals surface area contributed by atoms with Crippen molar-refractivity contribution in [2.75, 3.05) is 6.54 Å². The van der Waals surface area contributed by atoms with E-state index in [9.17, 15) is 12.8 Å². The highest BCUT2D eigenvalue weighted by molar-refractivity contribution is 9.10. The first kappa shape index (κ1) is 17.6. The Balaban J connectivity index is 3.13. The van der Waals surface area contributed by atoms with Gasteiger partial charge in [0.15, 0.2) is 0 Å².